The Morgan fingerprint density at radius 1 is 0.846 bits per heavy atom. The third-order valence-electron chi connectivity index (χ3n) is 4.88. The van der Waals surface area contributed by atoms with E-state index in [1.54, 1.807) is 23.5 Å². The largest absolute Gasteiger partial charge is 0.345 e. The van der Waals surface area contributed by atoms with Gasteiger partial charge in [0.15, 0.2) is 11.6 Å². The Balaban J connectivity index is 1.67. The van der Waals surface area contributed by atoms with Crippen molar-refractivity contribution in [1.82, 2.24) is 10.6 Å². The van der Waals surface area contributed by atoms with Gasteiger partial charge in [-0.15, -0.1) is 23.5 Å². The molecule has 2 aliphatic rings. The minimum absolute atomic E-state index is 0.0643. The van der Waals surface area contributed by atoms with Gasteiger partial charge in [0.25, 0.3) is 0 Å². The minimum Gasteiger partial charge on any atom is -0.345 e. The van der Waals surface area contributed by atoms with E-state index in [2.05, 4.69) is 10.6 Å². The maximum atomic E-state index is 12.1. The fraction of sp³-hybridized carbons (Fsp3) is 0.778. The van der Waals surface area contributed by atoms with Crippen LogP contribution in [-0.4, -0.2) is 56.5 Å². The van der Waals surface area contributed by atoms with Crippen molar-refractivity contribution >= 4 is 46.9 Å². The summed E-state index contributed by atoms with van der Waals surface area (Å²) in [6.45, 7) is 7.84. The zero-order valence-corrected chi connectivity index (χ0v) is 17.5. The molecule has 2 aliphatic heterocycles. The van der Waals surface area contributed by atoms with Gasteiger partial charge in [0.1, 0.15) is 12.1 Å². The summed E-state index contributed by atoms with van der Waals surface area (Å²) >= 11 is 3.12. The Morgan fingerprint density at radius 2 is 1.19 bits per heavy atom. The molecule has 0 aromatic carbocycles. The molecule has 8 heteroatoms. The third kappa shape index (κ3) is 5.25. The van der Waals surface area contributed by atoms with Crippen LogP contribution in [0.3, 0.4) is 0 Å². The lowest BCUT2D eigenvalue weighted by Crippen LogP contribution is -2.48. The molecule has 0 spiro atoms. The molecule has 2 N–H and O–H groups in total. The predicted octanol–water partition coefficient (Wildman–Crippen LogP) is 1.71. The molecule has 26 heavy (non-hydrogen) atoms. The molecule has 2 unspecified atom stereocenters. The number of thioether (sulfide) groups is 2. The minimum atomic E-state index is -0.434. The monoisotopic (exact) mass is 400 g/mol. The summed E-state index contributed by atoms with van der Waals surface area (Å²) in [4.78, 5) is 47.9. The Morgan fingerprint density at radius 3 is 1.46 bits per heavy atom. The highest BCUT2D eigenvalue weighted by Gasteiger charge is 2.43. The second kappa shape index (κ2) is 8.33. The molecule has 146 valence electrons. The number of carbonyl (C=O) groups excluding carboxylic acids is 4. The van der Waals surface area contributed by atoms with Crippen LogP contribution in [0.15, 0.2) is 0 Å². The first-order valence-corrected chi connectivity index (χ1v) is 10.9. The van der Waals surface area contributed by atoms with E-state index in [-0.39, 0.29) is 32.9 Å². The fourth-order valence-corrected chi connectivity index (χ4v) is 5.24. The van der Waals surface area contributed by atoms with E-state index in [9.17, 15) is 19.2 Å². The van der Waals surface area contributed by atoms with Crippen LogP contribution in [0.2, 0.25) is 0 Å². The van der Waals surface area contributed by atoms with Crippen LogP contribution in [0.4, 0.5) is 0 Å². The first-order chi connectivity index (χ1) is 12.0. The zero-order valence-electron chi connectivity index (χ0n) is 15.8. The average Bonchev–Trinajstić information content (AvgIpc) is 2.95. The fourth-order valence-electron chi connectivity index (χ4n) is 3.17. The first-order valence-electron chi connectivity index (χ1n) is 8.95. The van der Waals surface area contributed by atoms with Gasteiger partial charge in [0, 0.05) is 22.3 Å². The molecular formula is C18H28N2O4S2. The number of nitrogens with one attached hydrogen (secondary N) is 2. The van der Waals surface area contributed by atoms with Crippen LogP contribution in [-0.2, 0) is 19.2 Å². The van der Waals surface area contributed by atoms with Crippen LogP contribution in [0.5, 0.6) is 0 Å². The SMILES string of the molecule is CC1(C)SCC(=O)C1NC(=O)CCCCC(=O)NC1C(=O)CSC1(C)C. The van der Waals surface area contributed by atoms with Gasteiger partial charge in [-0.2, -0.15) is 0 Å². The normalized spacial score (nSPS) is 26.8. The van der Waals surface area contributed by atoms with Crippen LogP contribution in [0.25, 0.3) is 0 Å². The molecule has 2 rings (SSSR count). The summed E-state index contributed by atoms with van der Waals surface area (Å²) in [6, 6.07) is -0.868. The summed E-state index contributed by atoms with van der Waals surface area (Å²) in [6.07, 6.45) is 1.73. The molecule has 2 heterocycles. The highest BCUT2D eigenvalue weighted by Crippen LogP contribution is 2.36. The molecule has 2 amide bonds. The summed E-state index contributed by atoms with van der Waals surface area (Å²) in [7, 11) is 0. The van der Waals surface area contributed by atoms with Crippen LogP contribution in [0.1, 0.15) is 53.4 Å². The van der Waals surface area contributed by atoms with Crippen molar-refractivity contribution in [3.63, 3.8) is 0 Å². The number of Topliss-reactive ketones (excluding diaryl/α,β-unsaturated/α-hetero) is 2. The van der Waals surface area contributed by atoms with E-state index in [0.29, 0.717) is 37.2 Å². The van der Waals surface area contributed by atoms with Crippen molar-refractivity contribution < 1.29 is 19.2 Å². The molecule has 2 fully saturated rings. The third-order valence-corrected chi connectivity index (χ3v) is 7.69. The Bertz CT molecular complexity index is 552. The van der Waals surface area contributed by atoms with E-state index in [1.807, 2.05) is 27.7 Å². The standard InChI is InChI=1S/C18H28N2O4S2/c1-17(2)15(11(21)9-25-17)19-13(23)7-5-6-8-14(24)20-16-12(22)10-26-18(16,3)4/h15-16H,5-10H2,1-4H3,(H,19,23)(H,20,24). The van der Waals surface area contributed by atoms with Crippen molar-refractivity contribution in [2.24, 2.45) is 0 Å². The van der Waals surface area contributed by atoms with Crippen LogP contribution < -0.4 is 10.6 Å². The molecule has 0 radical (unpaired) electrons. The van der Waals surface area contributed by atoms with Gasteiger partial charge in [-0.25, -0.2) is 0 Å². The van der Waals surface area contributed by atoms with Crippen molar-refractivity contribution in [1.29, 1.82) is 0 Å². The van der Waals surface area contributed by atoms with Gasteiger partial charge >= 0.3 is 0 Å². The van der Waals surface area contributed by atoms with E-state index >= 15 is 0 Å². The Hall–Kier alpha value is -1.02. The molecule has 2 atom stereocenters. The highest BCUT2D eigenvalue weighted by atomic mass is 32.2. The van der Waals surface area contributed by atoms with E-state index in [4.69, 9.17) is 0 Å². The Labute approximate surface area is 163 Å². The van der Waals surface area contributed by atoms with E-state index in [0.717, 1.165) is 0 Å². The lowest BCUT2D eigenvalue weighted by Gasteiger charge is -2.25. The van der Waals surface area contributed by atoms with Crippen molar-refractivity contribution in [3.05, 3.63) is 0 Å². The van der Waals surface area contributed by atoms with Gasteiger partial charge in [-0.3, -0.25) is 19.2 Å². The van der Waals surface area contributed by atoms with E-state index < -0.39 is 12.1 Å². The van der Waals surface area contributed by atoms with Gasteiger partial charge in [-0.1, -0.05) is 0 Å². The number of rotatable bonds is 7. The summed E-state index contributed by atoms with van der Waals surface area (Å²) in [5.74, 6) is 0.703. The Kier molecular flexibility index (Phi) is 6.82. The first kappa shape index (κ1) is 21.3. The van der Waals surface area contributed by atoms with Gasteiger partial charge in [0.05, 0.1) is 11.5 Å². The van der Waals surface area contributed by atoms with Gasteiger partial charge in [0.2, 0.25) is 11.8 Å². The lowest BCUT2D eigenvalue weighted by molar-refractivity contribution is -0.127. The molecule has 6 nitrogen and oxygen atoms in total. The highest BCUT2D eigenvalue weighted by molar-refractivity contribution is 8.02. The summed E-state index contributed by atoms with van der Waals surface area (Å²) in [5, 5.41) is 5.65. The second-order valence-electron chi connectivity index (χ2n) is 7.93. The van der Waals surface area contributed by atoms with Crippen molar-refractivity contribution in [2.45, 2.75) is 75.0 Å². The summed E-state index contributed by atoms with van der Waals surface area (Å²) in [5.41, 5.74) is 0. The lowest BCUT2D eigenvalue weighted by atomic mass is 9.99. The molecule has 0 bridgehead atoms. The van der Waals surface area contributed by atoms with Crippen molar-refractivity contribution in [2.75, 3.05) is 11.5 Å². The molecule has 2 saturated heterocycles. The number of hydrogen-bond donors (Lipinski definition) is 2. The molecule has 0 aromatic rings. The van der Waals surface area contributed by atoms with Crippen molar-refractivity contribution in [3.8, 4) is 0 Å². The summed E-state index contributed by atoms with van der Waals surface area (Å²) < 4.78 is -0.545. The van der Waals surface area contributed by atoms with Gasteiger partial charge in [-0.05, 0) is 40.5 Å². The number of amides is 2. The quantitative estimate of drug-likeness (QED) is 0.632. The number of carbonyl (C=O) groups is 4. The number of hydrogen-bond acceptors (Lipinski definition) is 6. The predicted molar refractivity (Wildman–Crippen MR) is 105 cm³/mol. The average molecular weight is 401 g/mol. The topological polar surface area (TPSA) is 92.3 Å². The number of ketones is 2. The maximum Gasteiger partial charge on any atom is 0.220 e. The molecule has 0 aromatic heterocycles. The van der Waals surface area contributed by atoms with Gasteiger partial charge < -0.3 is 10.6 Å². The smallest absolute Gasteiger partial charge is 0.220 e. The molecule has 0 aliphatic carbocycles. The molecular weight excluding hydrogens is 372 g/mol. The van der Waals surface area contributed by atoms with Crippen LogP contribution >= 0.6 is 23.5 Å². The van der Waals surface area contributed by atoms with E-state index in [1.165, 1.54) is 0 Å². The van der Waals surface area contributed by atoms with Crippen LogP contribution in [0, 0.1) is 0 Å². The zero-order chi connectivity index (χ0) is 19.5. The number of unbranched alkanes of at least 4 members (excludes halogenated alkanes) is 1. The molecule has 0 saturated carbocycles. The maximum absolute atomic E-state index is 12.1. The second-order valence-corrected chi connectivity index (χ2v) is 11.2.